The van der Waals surface area contributed by atoms with E-state index in [1.807, 2.05) is 0 Å². The van der Waals surface area contributed by atoms with Crippen LogP contribution in [0.3, 0.4) is 0 Å². The molecule has 0 bridgehead atoms. The number of hydrogen-bond acceptors (Lipinski definition) is 6. The predicted molar refractivity (Wildman–Crippen MR) is 93.6 cm³/mol. The molecule has 0 aromatic carbocycles. The van der Waals surface area contributed by atoms with Crippen LogP contribution >= 0.6 is 12.6 Å². The summed E-state index contributed by atoms with van der Waals surface area (Å²) in [5.41, 5.74) is 0.645. The van der Waals surface area contributed by atoms with Gasteiger partial charge in [0, 0.05) is 16.9 Å². The third-order valence-electron chi connectivity index (χ3n) is 1.99. The number of methoxy groups -OCH3 is 1. The Morgan fingerprint density at radius 2 is 1.61 bits per heavy atom. The van der Waals surface area contributed by atoms with Crippen molar-refractivity contribution in [3.63, 3.8) is 0 Å². The van der Waals surface area contributed by atoms with Crippen molar-refractivity contribution < 1.29 is 29.0 Å². The van der Waals surface area contributed by atoms with E-state index in [1.54, 1.807) is 6.92 Å². The van der Waals surface area contributed by atoms with Crippen LogP contribution in [0.15, 0.2) is 24.3 Å². The average molecular weight is 348 g/mol. The molecule has 0 rings (SSSR count). The highest BCUT2D eigenvalue weighted by Crippen LogP contribution is 1.94. The van der Waals surface area contributed by atoms with Gasteiger partial charge in [0.1, 0.15) is 0 Å². The third-order valence-corrected chi connectivity index (χ3v) is 2.21. The molecule has 0 aliphatic rings. The minimum atomic E-state index is -0.935. The van der Waals surface area contributed by atoms with Crippen molar-refractivity contribution in [2.75, 3.05) is 19.5 Å². The van der Waals surface area contributed by atoms with Crippen LogP contribution in [0.5, 0.6) is 0 Å². The lowest BCUT2D eigenvalue weighted by molar-refractivity contribution is -0.140. The van der Waals surface area contributed by atoms with E-state index in [9.17, 15) is 14.4 Å². The lowest BCUT2D eigenvalue weighted by Gasteiger charge is -2.01. The van der Waals surface area contributed by atoms with Gasteiger partial charge < -0.3 is 14.6 Å². The number of esters is 2. The number of ether oxygens (including phenoxy) is 2. The van der Waals surface area contributed by atoms with E-state index >= 15 is 0 Å². The van der Waals surface area contributed by atoms with Crippen molar-refractivity contribution in [1.29, 1.82) is 0 Å². The molecule has 0 unspecified atom stereocenters. The quantitative estimate of drug-likeness (QED) is 0.318. The summed E-state index contributed by atoms with van der Waals surface area (Å²) in [6.45, 7) is 12.3. The first-order chi connectivity index (χ1) is 10.6. The molecule has 0 aliphatic heterocycles. The predicted octanol–water partition coefficient (Wildman–Crippen LogP) is 3.03. The van der Waals surface area contributed by atoms with Gasteiger partial charge in [-0.15, -0.1) is 0 Å². The van der Waals surface area contributed by atoms with E-state index in [4.69, 9.17) is 9.84 Å². The maximum Gasteiger partial charge on any atom is 0.333 e. The van der Waals surface area contributed by atoms with Crippen LogP contribution < -0.4 is 0 Å². The Morgan fingerprint density at radius 1 is 1.13 bits per heavy atom. The van der Waals surface area contributed by atoms with Gasteiger partial charge in [-0.25, -0.2) is 9.59 Å². The number of carboxylic acid groups (broad SMARTS) is 1. The number of unbranched alkanes of at least 4 members (excludes halogenated alkanes) is 1. The minimum Gasteiger partial charge on any atom is -0.478 e. The lowest BCUT2D eigenvalue weighted by atomic mass is 10.3. The minimum absolute atomic E-state index is 0.176. The SMILES string of the molecule is C=C(C)C(=O)O.C=C(C)C(=O)OCCCC.COC(=O)CCS. The van der Waals surface area contributed by atoms with Crippen LogP contribution in [-0.4, -0.2) is 42.5 Å². The molecule has 0 aromatic heterocycles. The number of hydrogen-bond donors (Lipinski definition) is 2. The number of rotatable bonds is 7. The average Bonchev–Trinajstić information content (AvgIpc) is 2.48. The highest BCUT2D eigenvalue weighted by atomic mass is 32.1. The number of aliphatic carboxylic acids is 1. The maximum absolute atomic E-state index is 10.7. The molecular formula is C16H28O6S. The van der Waals surface area contributed by atoms with Crippen molar-refractivity contribution in [3.05, 3.63) is 24.3 Å². The smallest absolute Gasteiger partial charge is 0.333 e. The van der Waals surface area contributed by atoms with Gasteiger partial charge in [0.2, 0.25) is 0 Å². The van der Waals surface area contributed by atoms with Gasteiger partial charge >= 0.3 is 17.9 Å². The summed E-state index contributed by atoms with van der Waals surface area (Å²) < 4.78 is 9.11. The van der Waals surface area contributed by atoms with E-state index < -0.39 is 5.97 Å². The van der Waals surface area contributed by atoms with Crippen molar-refractivity contribution >= 4 is 30.5 Å². The summed E-state index contributed by atoms with van der Waals surface area (Å²) in [6.07, 6.45) is 2.38. The first-order valence-electron chi connectivity index (χ1n) is 7.03. The van der Waals surface area contributed by atoms with E-state index in [1.165, 1.54) is 14.0 Å². The second kappa shape index (κ2) is 18.3. The Kier molecular flexibility index (Phi) is 20.8. The van der Waals surface area contributed by atoms with Crippen LogP contribution in [0.25, 0.3) is 0 Å². The second-order valence-electron chi connectivity index (χ2n) is 4.41. The standard InChI is InChI=1S/C8H14O2.C4H8O2S.C4H6O2/c1-4-5-6-10-8(9)7(2)3;1-6-4(5)2-3-7;1-3(2)4(5)6/h2,4-6H2,1,3H3;7H,2-3H2,1H3;1H2,2H3,(H,5,6). The number of carbonyl (C=O) groups excluding carboxylic acids is 2. The van der Waals surface area contributed by atoms with Crippen LogP contribution in [-0.2, 0) is 23.9 Å². The zero-order valence-electron chi connectivity index (χ0n) is 14.4. The van der Waals surface area contributed by atoms with Gasteiger partial charge in [-0.1, -0.05) is 26.5 Å². The fourth-order valence-corrected chi connectivity index (χ4v) is 0.808. The molecule has 0 saturated heterocycles. The summed E-state index contributed by atoms with van der Waals surface area (Å²) in [5, 5.41) is 7.89. The van der Waals surface area contributed by atoms with Gasteiger partial charge in [0.25, 0.3) is 0 Å². The molecule has 0 radical (unpaired) electrons. The maximum atomic E-state index is 10.7. The van der Waals surface area contributed by atoms with E-state index in [-0.39, 0.29) is 17.5 Å². The molecule has 23 heavy (non-hydrogen) atoms. The molecule has 0 aromatic rings. The van der Waals surface area contributed by atoms with E-state index in [2.05, 4.69) is 37.4 Å². The molecule has 0 aliphatic carbocycles. The molecule has 6 nitrogen and oxygen atoms in total. The van der Waals surface area contributed by atoms with Crippen molar-refractivity contribution in [2.45, 2.75) is 40.0 Å². The van der Waals surface area contributed by atoms with Crippen molar-refractivity contribution in [1.82, 2.24) is 0 Å². The lowest BCUT2D eigenvalue weighted by Crippen LogP contribution is -2.05. The molecule has 0 spiro atoms. The van der Waals surface area contributed by atoms with E-state index in [0.717, 1.165) is 12.8 Å². The fraction of sp³-hybridized carbons (Fsp3) is 0.562. The normalized spacial score (nSPS) is 8.39. The molecule has 1 N–H and O–H groups in total. The summed E-state index contributed by atoms with van der Waals surface area (Å²) in [6, 6.07) is 0. The van der Waals surface area contributed by atoms with Crippen molar-refractivity contribution in [2.24, 2.45) is 0 Å². The van der Waals surface area contributed by atoms with Gasteiger partial charge in [-0.3, -0.25) is 4.79 Å². The van der Waals surface area contributed by atoms with Gasteiger partial charge in [0.05, 0.1) is 20.1 Å². The van der Waals surface area contributed by atoms with Crippen LogP contribution in [0.2, 0.25) is 0 Å². The monoisotopic (exact) mass is 348 g/mol. The second-order valence-corrected chi connectivity index (χ2v) is 4.85. The van der Waals surface area contributed by atoms with Crippen LogP contribution in [0.4, 0.5) is 0 Å². The molecule has 0 saturated carbocycles. The molecule has 0 amide bonds. The first kappa shape index (κ1) is 26.2. The fourth-order valence-electron chi connectivity index (χ4n) is 0.626. The summed E-state index contributed by atoms with van der Waals surface area (Å²) in [5.74, 6) is -0.856. The zero-order chi connectivity index (χ0) is 18.8. The Balaban J connectivity index is -0.000000272. The summed E-state index contributed by atoms with van der Waals surface area (Å²) >= 11 is 3.81. The Morgan fingerprint density at radius 3 is 1.83 bits per heavy atom. The van der Waals surface area contributed by atoms with Crippen LogP contribution in [0.1, 0.15) is 40.0 Å². The molecule has 134 valence electrons. The molecule has 7 heteroatoms. The molecule has 0 atom stereocenters. The largest absolute Gasteiger partial charge is 0.478 e. The van der Waals surface area contributed by atoms with Gasteiger partial charge in [0.15, 0.2) is 0 Å². The van der Waals surface area contributed by atoms with Gasteiger partial charge in [-0.05, 0) is 20.3 Å². The Labute approximate surface area is 144 Å². The van der Waals surface area contributed by atoms with Crippen LogP contribution in [0, 0.1) is 0 Å². The number of carbonyl (C=O) groups is 3. The van der Waals surface area contributed by atoms with Gasteiger partial charge in [-0.2, -0.15) is 12.6 Å². The van der Waals surface area contributed by atoms with Crippen molar-refractivity contribution in [3.8, 4) is 0 Å². The highest BCUT2D eigenvalue weighted by Gasteiger charge is 2.00. The Hall–Kier alpha value is -1.76. The molecule has 0 fully saturated rings. The zero-order valence-corrected chi connectivity index (χ0v) is 15.3. The third kappa shape index (κ3) is 25.5. The van der Waals surface area contributed by atoms with E-state index in [0.29, 0.717) is 24.4 Å². The Bertz CT molecular complexity index is 378. The first-order valence-corrected chi connectivity index (χ1v) is 7.66. The summed E-state index contributed by atoms with van der Waals surface area (Å²) in [7, 11) is 1.37. The topological polar surface area (TPSA) is 89.9 Å². The number of carboxylic acids is 1. The summed E-state index contributed by atoms with van der Waals surface area (Å²) in [4.78, 5) is 30.4. The molecule has 0 heterocycles. The molecular weight excluding hydrogens is 320 g/mol. The number of thiol groups is 1. The highest BCUT2D eigenvalue weighted by molar-refractivity contribution is 7.80.